The van der Waals surface area contributed by atoms with E-state index in [1.54, 1.807) is 0 Å². The number of carbonyl (C=O) groups excluding carboxylic acids is 1. The third kappa shape index (κ3) is 2.40. The average molecular weight is 196 g/mol. The van der Waals surface area contributed by atoms with Crippen LogP contribution in [0.5, 0.6) is 0 Å². The van der Waals surface area contributed by atoms with Crippen LogP contribution in [-0.2, 0) is 0 Å². The van der Waals surface area contributed by atoms with E-state index < -0.39 is 0 Å². The van der Waals surface area contributed by atoms with Crippen molar-refractivity contribution < 1.29 is 4.79 Å². The van der Waals surface area contributed by atoms with E-state index >= 15 is 0 Å². The molecule has 0 aromatic rings. The summed E-state index contributed by atoms with van der Waals surface area (Å²) >= 11 is 0. The number of hydrogen-bond donors (Lipinski definition) is 1. The fourth-order valence-electron chi connectivity index (χ4n) is 2.08. The Kier molecular flexibility index (Phi) is 2.94. The van der Waals surface area contributed by atoms with Crippen molar-refractivity contribution in [3.05, 3.63) is 0 Å². The molecule has 1 saturated carbocycles. The van der Waals surface area contributed by atoms with Crippen LogP contribution < -0.4 is 5.32 Å². The molecule has 1 aliphatic carbocycles. The van der Waals surface area contributed by atoms with Crippen LogP contribution in [0.15, 0.2) is 0 Å². The molecule has 2 amide bonds. The zero-order chi connectivity index (χ0) is 9.97. The summed E-state index contributed by atoms with van der Waals surface area (Å²) in [5.41, 5.74) is 0. The Bertz CT molecular complexity index is 213. The van der Waals surface area contributed by atoms with E-state index in [-0.39, 0.29) is 6.03 Å². The summed E-state index contributed by atoms with van der Waals surface area (Å²) in [5, 5.41) is 3.06. The fourth-order valence-corrected chi connectivity index (χ4v) is 2.08. The maximum absolute atomic E-state index is 11.7. The summed E-state index contributed by atoms with van der Waals surface area (Å²) in [6, 6.07) is 0.662. The number of hydrogen-bond acceptors (Lipinski definition) is 1. The number of nitrogens with one attached hydrogen (secondary N) is 1. The van der Waals surface area contributed by atoms with E-state index in [0.717, 1.165) is 19.0 Å². The van der Waals surface area contributed by atoms with Crippen LogP contribution in [0.2, 0.25) is 0 Å². The summed E-state index contributed by atoms with van der Waals surface area (Å²) in [5.74, 6) is 0.730. The molecule has 80 valence electrons. The molecule has 1 unspecified atom stereocenters. The number of rotatable bonds is 2. The predicted octanol–water partition coefficient (Wildman–Crippen LogP) is 1.98. The third-order valence-electron chi connectivity index (χ3n) is 3.29. The van der Waals surface area contributed by atoms with E-state index in [0.29, 0.717) is 6.04 Å². The molecule has 0 spiro atoms. The number of nitrogens with zero attached hydrogens (tertiary/aromatic N) is 1. The molecule has 14 heavy (non-hydrogen) atoms. The molecular formula is C11H20N2O. The van der Waals surface area contributed by atoms with Crippen LogP contribution in [-0.4, -0.2) is 30.1 Å². The summed E-state index contributed by atoms with van der Waals surface area (Å²) in [7, 11) is 0. The van der Waals surface area contributed by atoms with Gasteiger partial charge in [-0.15, -0.1) is 0 Å². The van der Waals surface area contributed by atoms with Gasteiger partial charge in [0.25, 0.3) is 0 Å². The first-order chi connectivity index (χ1) is 6.79. The largest absolute Gasteiger partial charge is 0.335 e. The fraction of sp³-hybridized carbons (Fsp3) is 0.909. The molecule has 0 aromatic carbocycles. The van der Waals surface area contributed by atoms with Gasteiger partial charge < -0.3 is 10.2 Å². The van der Waals surface area contributed by atoms with Gasteiger partial charge in [0.15, 0.2) is 0 Å². The SMILES string of the molecule is CCC1CCCN(C(=O)NC2CC2)C1. The third-order valence-corrected chi connectivity index (χ3v) is 3.29. The summed E-state index contributed by atoms with van der Waals surface area (Å²) in [6.45, 7) is 4.14. The van der Waals surface area contributed by atoms with Crippen molar-refractivity contribution in [2.24, 2.45) is 5.92 Å². The van der Waals surface area contributed by atoms with Crippen LogP contribution in [0, 0.1) is 5.92 Å². The predicted molar refractivity (Wildman–Crippen MR) is 56.1 cm³/mol. The molecular weight excluding hydrogens is 176 g/mol. The van der Waals surface area contributed by atoms with Crippen molar-refractivity contribution in [2.75, 3.05) is 13.1 Å². The van der Waals surface area contributed by atoms with Gasteiger partial charge in [-0.1, -0.05) is 13.3 Å². The van der Waals surface area contributed by atoms with Crippen LogP contribution in [0.4, 0.5) is 4.79 Å². The van der Waals surface area contributed by atoms with Crippen molar-refractivity contribution in [2.45, 2.75) is 45.1 Å². The highest BCUT2D eigenvalue weighted by Gasteiger charge is 2.28. The Balaban J connectivity index is 1.79. The number of piperidine rings is 1. The molecule has 1 aliphatic heterocycles. The average Bonchev–Trinajstić information content (AvgIpc) is 3.02. The second-order valence-electron chi connectivity index (χ2n) is 4.59. The Morgan fingerprint density at radius 2 is 2.21 bits per heavy atom. The summed E-state index contributed by atoms with van der Waals surface area (Å²) < 4.78 is 0. The van der Waals surface area contributed by atoms with Crippen LogP contribution in [0.1, 0.15) is 39.0 Å². The van der Waals surface area contributed by atoms with E-state index in [1.807, 2.05) is 4.90 Å². The number of amides is 2. The Labute approximate surface area is 85.8 Å². The van der Waals surface area contributed by atoms with Gasteiger partial charge >= 0.3 is 6.03 Å². The molecule has 1 atom stereocenters. The molecule has 3 nitrogen and oxygen atoms in total. The molecule has 3 heteroatoms. The monoisotopic (exact) mass is 196 g/mol. The molecule has 1 saturated heterocycles. The second kappa shape index (κ2) is 4.20. The zero-order valence-corrected chi connectivity index (χ0v) is 8.96. The highest BCUT2D eigenvalue weighted by Crippen LogP contribution is 2.22. The lowest BCUT2D eigenvalue weighted by atomic mass is 9.96. The van der Waals surface area contributed by atoms with Crippen molar-refractivity contribution in [1.82, 2.24) is 10.2 Å². The van der Waals surface area contributed by atoms with Crippen LogP contribution in [0.25, 0.3) is 0 Å². The lowest BCUT2D eigenvalue weighted by Crippen LogP contribution is -2.46. The molecule has 1 N–H and O–H groups in total. The van der Waals surface area contributed by atoms with Gasteiger partial charge in [-0.2, -0.15) is 0 Å². The van der Waals surface area contributed by atoms with E-state index in [2.05, 4.69) is 12.2 Å². The molecule has 0 radical (unpaired) electrons. The lowest BCUT2D eigenvalue weighted by Gasteiger charge is -2.32. The highest BCUT2D eigenvalue weighted by molar-refractivity contribution is 5.74. The Hall–Kier alpha value is -0.730. The minimum Gasteiger partial charge on any atom is -0.335 e. The normalized spacial score (nSPS) is 27.5. The quantitative estimate of drug-likeness (QED) is 0.719. The van der Waals surface area contributed by atoms with Gasteiger partial charge in [0, 0.05) is 19.1 Å². The Morgan fingerprint density at radius 3 is 2.86 bits per heavy atom. The van der Waals surface area contributed by atoms with Crippen molar-refractivity contribution in [3.8, 4) is 0 Å². The van der Waals surface area contributed by atoms with Gasteiger partial charge in [-0.25, -0.2) is 4.79 Å². The highest BCUT2D eigenvalue weighted by atomic mass is 16.2. The Morgan fingerprint density at radius 1 is 1.43 bits per heavy atom. The van der Waals surface area contributed by atoms with Crippen LogP contribution in [0.3, 0.4) is 0 Å². The summed E-state index contributed by atoms with van der Waals surface area (Å²) in [6.07, 6.45) is 6.03. The van der Waals surface area contributed by atoms with Gasteiger partial charge in [0.2, 0.25) is 0 Å². The number of urea groups is 1. The maximum Gasteiger partial charge on any atom is 0.317 e. The standard InChI is InChI=1S/C11H20N2O/c1-2-9-4-3-7-13(8-9)11(14)12-10-5-6-10/h9-10H,2-8H2,1H3,(H,12,14). The van der Waals surface area contributed by atoms with Crippen LogP contribution >= 0.6 is 0 Å². The smallest absolute Gasteiger partial charge is 0.317 e. The van der Waals surface area contributed by atoms with E-state index in [1.165, 1.54) is 32.1 Å². The van der Waals surface area contributed by atoms with Crippen molar-refractivity contribution >= 4 is 6.03 Å². The summed E-state index contributed by atoms with van der Waals surface area (Å²) in [4.78, 5) is 13.7. The van der Waals surface area contributed by atoms with Gasteiger partial charge in [-0.05, 0) is 31.6 Å². The molecule has 0 bridgehead atoms. The van der Waals surface area contributed by atoms with Gasteiger partial charge in [-0.3, -0.25) is 0 Å². The first kappa shape index (κ1) is 9.81. The van der Waals surface area contributed by atoms with Gasteiger partial charge in [0.1, 0.15) is 0 Å². The number of carbonyl (C=O) groups is 1. The molecule has 1 heterocycles. The lowest BCUT2D eigenvalue weighted by molar-refractivity contribution is 0.163. The van der Waals surface area contributed by atoms with Crippen molar-refractivity contribution in [1.29, 1.82) is 0 Å². The molecule has 2 rings (SSSR count). The van der Waals surface area contributed by atoms with Gasteiger partial charge in [0.05, 0.1) is 0 Å². The first-order valence-corrected chi connectivity index (χ1v) is 5.85. The number of likely N-dealkylation sites (tertiary alicyclic amines) is 1. The minimum absolute atomic E-state index is 0.172. The minimum atomic E-state index is 0.172. The molecule has 0 aromatic heterocycles. The maximum atomic E-state index is 11.7. The van der Waals surface area contributed by atoms with Crippen molar-refractivity contribution in [3.63, 3.8) is 0 Å². The second-order valence-corrected chi connectivity index (χ2v) is 4.59. The van der Waals surface area contributed by atoms with E-state index in [9.17, 15) is 4.79 Å². The first-order valence-electron chi connectivity index (χ1n) is 5.85. The molecule has 2 fully saturated rings. The van der Waals surface area contributed by atoms with E-state index in [4.69, 9.17) is 0 Å². The topological polar surface area (TPSA) is 32.3 Å². The zero-order valence-electron chi connectivity index (χ0n) is 8.96. The molecule has 2 aliphatic rings.